The van der Waals surface area contributed by atoms with Crippen LogP contribution in [0.2, 0.25) is 0 Å². The Morgan fingerprint density at radius 1 is 1.03 bits per heavy atom. The molecule has 1 aromatic heterocycles. The Hall–Kier alpha value is -3.48. The molecule has 150 valence electrons. The fourth-order valence-electron chi connectivity index (χ4n) is 3.54. The van der Waals surface area contributed by atoms with E-state index in [9.17, 15) is 4.79 Å². The van der Waals surface area contributed by atoms with E-state index in [1.54, 1.807) is 27.4 Å². The molecule has 2 atom stereocenters. The maximum atomic E-state index is 12.6. The zero-order valence-corrected chi connectivity index (χ0v) is 16.6. The van der Waals surface area contributed by atoms with Crippen molar-refractivity contribution in [1.29, 1.82) is 0 Å². The number of ether oxygens (including phenoxy) is 3. The molecule has 2 N–H and O–H groups in total. The minimum Gasteiger partial charge on any atom is -0.493 e. The number of carbonyl (C=O) groups is 1. The normalized spacial score (nSPS) is 17.5. The molecule has 0 bridgehead atoms. The van der Waals surface area contributed by atoms with E-state index in [1.807, 2.05) is 30.3 Å². The summed E-state index contributed by atoms with van der Waals surface area (Å²) >= 11 is 0. The number of nitrogens with zero attached hydrogens (tertiary/aromatic N) is 1. The highest BCUT2D eigenvalue weighted by Gasteiger charge is 2.44. The van der Waals surface area contributed by atoms with Crippen LogP contribution in [0.3, 0.4) is 0 Å². The van der Waals surface area contributed by atoms with Crippen molar-refractivity contribution in [3.63, 3.8) is 0 Å². The molecule has 0 aliphatic heterocycles. The number of nitrogens with one attached hydrogen (secondary N) is 2. The largest absolute Gasteiger partial charge is 0.493 e. The summed E-state index contributed by atoms with van der Waals surface area (Å²) in [6.07, 6.45) is 0.861. The smallest absolute Gasteiger partial charge is 0.229 e. The first kappa shape index (κ1) is 18.9. The summed E-state index contributed by atoms with van der Waals surface area (Å²) in [5.74, 6) is 2.35. The lowest BCUT2D eigenvalue weighted by molar-refractivity contribution is -0.117. The van der Waals surface area contributed by atoms with Gasteiger partial charge in [0.2, 0.25) is 11.7 Å². The first-order chi connectivity index (χ1) is 14.1. The van der Waals surface area contributed by atoms with Crippen molar-refractivity contribution in [2.24, 2.45) is 5.92 Å². The third-order valence-corrected chi connectivity index (χ3v) is 5.16. The van der Waals surface area contributed by atoms with E-state index < -0.39 is 0 Å². The van der Waals surface area contributed by atoms with Crippen molar-refractivity contribution in [3.05, 3.63) is 54.1 Å². The first-order valence-electron chi connectivity index (χ1n) is 9.36. The molecule has 1 aliphatic rings. The third kappa shape index (κ3) is 3.76. The predicted molar refractivity (Wildman–Crippen MR) is 110 cm³/mol. The van der Waals surface area contributed by atoms with Crippen LogP contribution in [0.1, 0.15) is 17.9 Å². The Bertz CT molecular complexity index is 991. The lowest BCUT2D eigenvalue weighted by Crippen LogP contribution is -2.14. The van der Waals surface area contributed by atoms with Gasteiger partial charge in [0.15, 0.2) is 17.3 Å². The van der Waals surface area contributed by atoms with Crippen LogP contribution in [0.25, 0.3) is 11.3 Å². The molecule has 0 saturated heterocycles. The molecule has 3 aromatic rings. The van der Waals surface area contributed by atoms with Crippen LogP contribution < -0.4 is 19.5 Å². The van der Waals surface area contributed by atoms with Crippen LogP contribution in [-0.2, 0) is 4.79 Å². The van der Waals surface area contributed by atoms with Crippen LogP contribution in [0, 0.1) is 5.92 Å². The lowest BCUT2D eigenvalue weighted by Gasteiger charge is -2.13. The predicted octanol–water partition coefficient (Wildman–Crippen LogP) is 3.84. The van der Waals surface area contributed by atoms with Gasteiger partial charge in [-0.1, -0.05) is 30.3 Å². The van der Waals surface area contributed by atoms with Crippen LogP contribution in [0.4, 0.5) is 5.82 Å². The van der Waals surface area contributed by atoms with Gasteiger partial charge < -0.3 is 19.5 Å². The number of hydrogen-bond donors (Lipinski definition) is 2. The Balaban J connectivity index is 1.49. The van der Waals surface area contributed by atoms with E-state index in [4.69, 9.17) is 14.2 Å². The van der Waals surface area contributed by atoms with E-state index in [-0.39, 0.29) is 17.7 Å². The van der Waals surface area contributed by atoms with Crippen LogP contribution in [0.15, 0.2) is 48.5 Å². The average molecular weight is 393 g/mol. The summed E-state index contributed by atoms with van der Waals surface area (Å²) in [6.45, 7) is 0. The number of benzene rings is 2. The molecule has 29 heavy (non-hydrogen) atoms. The molecule has 0 unspecified atom stereocenters. The third-order valence-electron chi connectivity index (χ3n) is 5.16. The molecule has 1 heterocycles. The highest BCUT2D eigenvalue weighted by Crippen LogP contribution is 2.48. The molecule has 2 aromatic carbocycles. The van der Waals surface area contributed by atoms with Gasteiger partial charge >= 0.3 is 0 Å². The monoisotopic (exact) mass is 393 g/mol. The fourth-order valence-corrected chi connectivity index (χ4v) is 3.54. The maximum absolute atomic E-state index is 12.6. The summed E-state index contributed by atoms with van der Waals surface area (Å²) in [7, 11) is 4.70. The Labute approximate surface area is 169 Å². The minimum atomic E-state index is -0.0151. The SMILES string of the molecule is COc1cc(-c2cc(NC(=O)[C@@H]3C[C@H]3c3ccccc3)n[nH]2)cc(OC)c1OC. The number of hydrogen-bond acceptors (Lipinski definition) is 5. The number of amides is 1. The second kappa shape index (κ2) is 7.87. The number of rotatable bonds is 7. The van der Waals surface area contributed by atoms with Gasteiger partial charge in [-0.05, 0) is 30.0 Å². The number of anilines is 1. The van der Waals surface area contributed by atoms with Gasteiger partial charge in [-0.15, -0.1) is 0 Å². The van der Waals surface area contributed by atoms with E-state index in [0.717, 1.165) is 17.7 Å². The van der Waals surface area contributed by atoms with Gasteiger partial charge in [0.05, 0.1) is 27.0 Å². The zero-order valence-electron chi connectivity index (χ0n) is 16.6. The highest BCUT2D eigenvalue weighted by molar-refractivity contribution is 5.95. The van der Waals surface area contributed by atoms with Gasteiger partial charge in [0.1, 0.15) is 0 Å². The summed E-state index contributed by atoms with van der Waals surface area (Å²) in [5, 5.41) is 10.1. The molecule has 4 rings (SSSR count). The van der Waals surface area contributed by atoms with E-state index in [1.165, 1.54) is 5.56 Å². The molecule has 1 aliphatic carbocycles. The molecule has 0 spiro atoms. The fraction of sp³-hybridized carbons (Fsp3) is 0.273. The molecule has 1 saturated carbocycles. The molecule has 7 heteroatoms. The molecule has 1 amide bonds. The van der Waals surface area contributed by atoms with Gasteiger partial charge in [-0.3, -0.25) is 9.89 Å². The second-order valence-electron chi connectivity index (χ2n) is 6.93. The average Bonchev–Trinajstić information content (AvgIpc) is 3.44. The number of aromatic amines is 1. The Morgan fingerprint density at radius 3 is 2.34 bits per heavy atom. The van der Waals surface area contributed by atoms with Crippen LogP contribution in [0.5, 0.6) is 17.2 Å². The van der Waals surface area contributed by atoms with E-state index in [2.05, 4.69) is 27.6 Å². The molecule has 1 fully saturated rings. The summed E-state index contributed by atoms with van der Waals surface area (Å²) in [5.41, 5.74) is 2.74. The van der Waals surface area contributed by atoms with Gasteiger partial charge in [0.25, 0.3) is 0 Å². The number of aromatic nitrogens is 2. The molecule has 7 nitrogen and oxygen atoms in total. The highest BCUT2D eigenvalue weighted by atomic mass is 16.5. The van der Waals surface area contributed by atoms with Crippen molar-refractivity contribution < 1.29 is 19.0 Å². The molecular formula is C22H23N3O4. The second-order valence-corrected chi connectivity index (χ2v) is 6.93. The van der Waals surface area contributed by atoms with Crippen molar-refractivity contribution in [3.8, 4) is 28.5 Å². The van der Waals surface area contributed by atoms with Crippen LogP contribution in [-0.4, -0.2) is 37.4 Å². The van der Waals surface area contributed by atoms with Crippen molar-refractivity contribution in [1.82, 2.24) is 10.2 Å². The standard InChI is InChI=1S/C22H23N3O4/c1-27-18-9-14(10-19(28-2)21(18)29-3)17-12-20(25-24-17)23-22(26)16-11-15(16)13-7-5-4-6-8-13/h4-10,12,15-16H,11H2,1-3H3,(H2,23,24,25,26)/t15-,16+/m0/s1. The number of H-pyrrole nitrogens is 1. The molecular weight excluding hydrogens is 370 g/mol. The topological polar surface area (TPSA) is 85.5 Å². The lowest BCUT2D eigenvalue weighted by atomic mass is 10.1. The number of carbonyl (C=O) groups excluding carboxylic acids is 1. The van der Waals surface area contributed by atoms with Crippen LogP contribution >= 0.6 is 0 Å². The van der Waals surface area contributed by atoms with Crippen molar-refractivity contribution >= 4 is 11.7 Å². The Kier molecular flexibility index (Phi) is 5.12. The summed E-state index contributed by atoms with van der Waals surface area (Å²) in [4.78, 5) is 12.6. The van der Waals surface area contributed by atoms with Gasteiger partial charge in [-0.2, -0.15) is 5.10 Å². The zero-order chi connectivity index (χ0) is 20.4. The first-order valence-corrected chi connectivity index (χ1v) is 9.36. The van der Waals surface area contributed by atoms with E-state index in [0.29, 0.717) is 23.1 Å². The molecule has 0 radical (unpaired) electrons. The van der Waals surface area contributed by atoms with Crippen molar-refractivity contribution in [2.75, 3.05) is 26.6 Å². The van der Waals surface area contributed by atoms with Gasteiger partial charge in [-0.25, -0.2) is 0 Å². The summed E-state index contributed by atoms with van der Waals surface area (Å²) < 4.78 is 16.1. The Morgan fingerprint density at radius 2 is 1.72 bits per heavy atom. The number of methoxy groups -OCH3 is 3. The maximum Gasteiger partial charge on any atom is 0.229 e. The summed E-state index contributed by atoms with van der Waals surface area (Å²) in [6, 6.07) is 15.6. The van der Waals surface area contributed by atoms with E-state index >= 15 is 0 Å². The quantitative estimate of drug-likeness (QED) is 0.637. The van der Waals surface area contributed by atoms with Gasteiger partial charge in [0, 0.05) is 17.5 Å². The minimum absolute atomic E-state index is 0.0122. The van der Waals surface area contributed by atoms with Crippen molar-refractivity contribution in [2.45, 2.75) is 12.3 Å².